The fraction of sp³-hybridized carbons (Fsp3) is 0.393. The van der Waals surface area contributed by atoms with Crippen molar-refractivity contribution in [2.75, 3.05) is 0 Å². The standard InChI is InChI=1S/C28H29Cl2N3OS2/c1-27(2,3)36(34)33-25-21-7-5-4-6-19(21)16-28(25)13-10-18(11-14-28)20-8-9-23(32-17-20)35-22-12-15-31-26(30)24(22)29/h4-9,12,15,17-18H,10-11,13-14,16H2,1-3H3/b33-25+. The van der Waals surface area contributed by atoms with Gasteiger partial charge in [-0.05, 0) is 82.1 Å². The highest BCUT2D eigenvalue weighted by molar-refractivity contribution is 7.99. The zero-order valence-electron chi connectivity index (χ0n) is 20.6. The van der Waals surface area contributed by atoms with E-state index >= 15 is 0 Å². The number of halogens is 2. The summed E-state index contributed by atoms with van der Waals surface area (Å²) in [5.74, 6) is 0.458. The van der Waals surface area contributed by atoms with Crippen molar-refractivity contribution in [1.29, 1.82) is 0 Å². The summed E-state index contributed by atoms with van der Waals surface area (Å²) in [6.45, 7) is 5.97. The van der Waals surface area contributed by atoms with Crippen LogP contribution in [0.1, 0.15) is 69.1 Å². The molecular formula is C28H29Cl2N3OS2. The summed E-state index contributed by atoms with van der Waals surface area (Å²) < 4.78 is 17.5. The lowest BCUT2D eigenvalue weighted by Crippen LogP contribution is -2.35. The van der Waals surface area contributed by atoms with E-state index in [9.17, 15) is 4.55 Å². The van der Waals surface area contributed by atoms with Crippen LogP contribution in [0.3, 0.4) is 0 Å². The van der Waals surface area contributed by atoms with Gasteiger partial charge in [0.25, 0.3) is 0 Å². The second-order valence-electron chi connectivity index (χ2n) is 10.6. The summed E-state index contributed by atoms with van der Waals surface area (Å²) >= 11 is 12.5. The van der Waals surface area contributed by atoms with E-state index in [1.54, 1.807) is 6.20 Å². The smallest absolute Gasteiger partial charge is 0.148 e. The normalized spacial score (nSPS) is 23.7. The summed E-state index contributed by atoms with van der Waals surface area (Å²) in [5, 5.41) is 1.63. The summed E-state index contributed by atoms with van der Waals surface area (Å²) in [6, 6.07) is 14.6. The third-order valence-corrected chi connectivity index (χ3v) is 10.5. The van der Waals surface area contributed by atoms with Gasteiger partial charge in [0, 0.05) is 28.3 Å². The quantitative estimate of drug-likeness (QED) is 0.240. The summed E-state index contributed by atoms with van der Waals surface area (Å²) in [5.41, 5.74) is 4.81. The molecule has 36 heavy (non-hydrogen) atoms. The number of hydrogen-bond acceptors (Lipinski definition) is 5. The molecule has 0 aliphatic heterocycles. The van der Waals surface area contributed by atoms with Gasteiger partial charge < -0.3 is 4.55 Å². The van der Waals surface area contributed by atoms with Crippen LogP contribution in [0, 0.1) is 5.41 Å². The third kappa shape index (κ3) is 5.21. The van der Waals surface area contributed by atoms with Crippen LogP contribution in [0.2, 0.25) is 10.2 Å². The van der Waals surface area contributed by atoms with Crippen LogP contribution in [0.5, 0.6) is 0 Å². The van der Waals surface area contributed by atoms with Crippen LogP contribution >= 0.6 is 35.0 Å². The van der Waals surface area contributed by atoms with E-state index in [2.05, 4.69) is 41.4 Å². The molecule has 1 saturated carbocycles. The molecule has 2 aliphatic rings. The lowest BCUT2D eigenvalue weighted by molar-refractivity contribution is 0.266. The molecule has 4 nitrogen and oxygen atoms in total. The fourth-order valence-corrected chi connectivity index (χ4v) is 7.16. The van der Waals surface area contributed by atoms with E-state index in [0.717, 1.165) is 47.7 Å². The van der Waals surface area contributed by atoms with E-state index in [1.807, 2.05) is 33.0 Å². The molecule has 1 fully saturated rings. The molecule has 1 aromatic carbocycles. The lowest BCUT2D eigenvalue weighted by atomic mass is 9.67. The fourth-order valence-electron chi connectivity index (χ4n) is 5.21. The van der Waals surface area contributed by atoms with Crippen LogP contribution in [0.15, 0.2) is 69.2 Å². The minimum absolute atomic E-state index is 0.0261. The molecule has 0 N–H and O–H groups in total. The molecule has 3 aromatic rings. The van der Waals surface area contributed by atoms with Gasteiger partial charge in [0.1, 0.15) is 32.0 Å². The Morgan fingerprint density at radius 2 is 1.81 bits per heavy atom. The first-order valence-corrected chi connectivity index (χ1v) is 14.9. The second kappa shape index (κ2) is 10.3. The Labute approximate surface area is 230 Å². The Morgan fingerprint density at radius 1 is 1.06 bits per heavy atom. The Hall–Kier alpha value is -1.57. The summed E-state index contributed by atoms with van der Waals surface area (Å²) in [7, 11) is 0. The van der Waals surface area contributed by atoms with Gasteiger partial charge >= 0.3 is 0 Å². The van der Waals surface area contributed by atoms with Gasteiger partial charge in [0.05, 0.1) is 5.02 Å². The first kappa shape index (κ1) is 26.1. The molecule has 0 radical (unpaired) electrons. The lowest BCUT2D eigenvalue weighted by Gasteiger charge is -2.37. The number of hydrogen-bond donors (Lipinski definition) is 0. The SMILES string of the molecule is CC(C)(C)[S+]([O-])/N=C1\c2ccccc2CC12CCC(c1ccc(Sc3ccnc(Cl)c3Cl)nc1)CC2. The maximum atomic E-state index is 13.0. The average molecular weight is 559 g/mol. The third-order valence-electron chi connectivity index (χ3n) is 7.20. The van der Waals surface area contributed by atoms with Crippen molar-refractivity contribution < 1.29 is 4.55 Å². The van der Waals surface area contributed by atoms with Gasteiger partial charge in [-0.25, -0.2) is 9.97 Å². The molecule has 8 heteroatoms. The number of pyridine rings is 2. The van der Waals surface area contributed by atoms with Crippen molar-refractivity contribution in [1.82, 2.24) is 9.97 Å². The first-order valence-electron chi connectivity index (χ1n) is 12.2. The molecule has 2 heterocycles. The van der Waals surface area contributed by atoms with Crippen molar-refractivity contribution in [2.24, 2.45) is 9.81 Å². The van der Waals surface area contributed by atoms with E-state index in [1.165, 1.54) is 28.5 Å². The molecule has 2 aromatic heterocycles. The van der Waals surface area contributed by atoms with Crippen LogP contribution in [-0.2, 0) is 17.8 Å². The number of nitrogens with zero attached hydrogens (tertiary/aromatic N) is 3. The van der Waals surface area contributed by atoms with Crippen molar-refractivity contribution in [3.63, 3.8) is 0 Å². The van der Waals surface area contributed by atoms with Crippen molar-refractivity contribution >= 4 is 52.0 Å². The molecule has 1 atom stereocenters. The summed E-state index contributed by atoms with van der Waals surface area (Å²) in [6.07, 6.45) is 8.83. The number of aromatic nitrogens is 2. The molecule has 5 rings (SSSR count). The molecular weight excluding hydrogens is 529 g/mol. The molecule has 0 amide bonds. The topological polar surface area (TPSA) is 61.2 Å². The van der Waals surface area contributed by atoms with E-state index in [-0.39, 0.29) is 10.2 Å². The predicted molar refractivity (Wildman–Crippen MR) is 151 cm³/mol. The maximum Gasteiger partial charge on any atom is 0.148 e. The van der Waals surface area contributed by atoms with Crippen molar-refractivity contribution in [2.45, 2.75) is 73.5 Å². The molecule has 2 aliphatic carbocycles. The van der Waals surface area contributed by atoms with Crippen molar-refractivity contribution in [3.8, 4) is 0 Å². The first-order chi connectivity index (χ1) is 17.2. The minimum atomic E-state index is -1.28. The van der Waals surface area contributed by atoms with Gasteiger partial charge in [-0.3, -0.25) is 0 Å². The molecule has 1 unspecified atom stereocenters. The Morgan fingerprint density at radius 3 is 2.50 bits per heavy atom. The van der Waals surface area contributed by atoms with Crippen LogP contribution in [0.4, 0.5) is 0 Å². The highest BCUT2D eigenvalue weighted by Crippen LogP contribution is 2.51. The number of rotatable bonds is 4. The van der Waals surface area contributed by atoms with Gasteiger partial charge in [-0.2, -0.15) is 0 Å². The molecule has 0 bridgehead atoms. The van der Waals surface area contributed by atoms with Gasteiger partial charge in [-0.15, -0.1) is 0 Å². The number of benzene rings is 1. The predicted octanol–water partition coefficient (Wildman–Crippen LogP) is 8.09. The minimum Gasteiger partial charge on any atom is -0.591 e. The average Bonchev–Trinajstić information content (AvgIpc) is 3.15. The Bertz CT molecular complexity index is 1280. The van der Waals surface area contributed by atoms with Gasteiger partial charge in [0.15, 0.2) is 0 Å². The maximum absolute atomic E-state index is 13.0. The Kier molecular flexibility index (Phi) is 7.45. The van der Waals surface area contributed by atoms with Crippen molar-refractivity contribution in [3.05, 3.63) is 81.7 Å². The Balaban J connectivity index is 1.32. The number of fused-ring (bicyclic) bond motifs is 1. The largest absolute Gasteiger partial charge is 0.591 e. The van der Waals surface area contributed by atoms with E-state index in [0.29, 0.717) is 16.1 Å². The molecule has 188 valence electrons. The molecule has 0 saturated heterocycles. The highest BCUT2D eigenvalue weighted by atomic mass is 35.5. The highest BCUT2D eigenvalue weighted by Gasteiger charge is 2.47. The zero-order valence-corrected chi connectivity index (χ0v) is 23.8. The van der Waals surface area contributed by atoms with Crippen LogP contribution in [-0.4, -0.2) is 25.0 Å². The zero-order chi connectivity index (χ0) is 25.5. The van der Waals surface area contributed by atoms with E-state index in [4.69, 9.17) is 32.6 Å². The van der Waals surface area contributed by atoms with Gasteiger partial charge in [-0.1, -0.05) is 69.7 Å². The van der Waals surface area contributed by atoms with Crippen LogP contribution in [0.25, 0.3) is 0 Å². The van der Waals surface area contributed by atoms with E-state index < -0.39 is 11.4 Å². The second-order valence-corrected chi connectivity index (χ2v) is 14.3. The van der Waals surface area contributed by atoms with Crippen LogP contribution < -0.4 is 0 Å². The van der Waals surface area contributed by atoms with Gasteiger partial charge in [0.2, 0.25) is 0 Å². The summed E-state index contributed by atoms with van der Waals surface area (Å²) in [4.78, 5) is 9.55. The molecule has 1 spiro atoms. The monoisotopic (exact) mass is 557 g/mol.